The lowest BCUT2D eigenvalue weighted by Crippen LogP contribution is -2.33. The third-order valence-electron chi connectivity index (χ3n) is 3.94. The van der Waals surface area contributed by atoms with Gasteiger partial charge in [0.25, 0.3) is 0 Å². The average molecular weight is 341 g/mol. The molecule has 0 radical (unpaired) electrons. The Morgan fingerprint density at radius 1 is 1.50 bits per heavy atom. The number of hydrogen-bond acceptors (Lipinski definition) is 7. The fraction of sp³-hybridized carbons (Fsp3) is 0.571. The van der Waals surface area contributed by atoms with Crippen LogP contribution in [0.5, 0.6) is 0 Å². The Morgan fingerprint density at radius 2 is 2.36 bits per heavy atom. The van der Waals surface area contributed by atoms with Crippen molar-refractivity contribution in [2.75, 3.05) is 25.1 Å². The van der Waals surface area contributed by atoms with Gasteiger partial charge in [-0.05, 0) is 37.9 Å². The van der Waals surface area contributed by atoms with E-state index in [2.05, 4.69) is 15.0 Å². The Morgan fingerprint density at radius 3 is 3.05 bits per heavy atom. The van der Waals surface area contributed by atoms with Gasteiger partial charge < -0.3 is 9.42 Å². The third kappa shape index (κ3) is 3.74. The second-order valence-corrected chi connectivity index (χ2v) is 8.81. The highest BCUT2D eigenvalue weighted by Crippen LogP contribution is 2.22. The molecule has 0 amide bonds. The van der Waals surface area contributed by atoms with Gasteiger partial charge in [-0.1, -0.05) is 11.2 Å². The van der Waals surface area contributed by atoms with Crippen molar-refractivity contribution in [3.8, 4) is 10.7 Å². The second-order valence-electron chi connectivity index (χ2n) is 5.63. The number of sulfone groups is 1. The van der Waals surface area contributed by atoms with Crippen LogP contribution in [-0.2, 0) is 16.3 Å². The molecule has 1 aliphatic rings. The van der Waals surface area contributed by atoms with Gasteiger partial charge in [0.05, 0.1) is 16.4 Å². The first-order chi connectivity index (χ1) is 10.5. The standard InChI is InChI=1S/C14H19N3O3S2/c1-17(11-6-9-22(18,19)10-11)7-2-5-13-15-14(16-20-13)12-4-3-8-21-12/h3-4,8,11H,2,5-7,9-10H2,1H3. The number of aromatic nitrogens is 2. The minimum absolute atomic E-state index is 0.148. The van der Waals surface area contributed by atoms with Crippen molar-refractivity contribution in [3.63, 3.8) is 0 Å². The van der Waals surface area contributed by atoms with E-state index in [1.807, 2.05) is 24.6 Å². The molecule has 0 aliphatic carbocycles. The van der Waals surface area contributed by atoms with Crippen molar-refractivity contribution < 1.29 is 12.9 Å². The lowest BCUT2D eigenvalue weighted by Gasteiger charge is -2.22. The van der Waals surface area contributed by atoms with Crippen molar-refractivity contribution in [3.05, 3.63) is 23.4 Å². The molecule has 22 heavy (non-hydrogen) atoms. The van der Waals surface area contributed by atoms with Gasteiger partial charge in [-0.2, -0.15) is 4.98 Å². The van der Waals surface area contributed by atoms with Crippen LogP contribution in [0.2, 0.25) is 0 Å². The summed E-state index contributed by atoms with van der Waals surface area (Å²) in [5.74, 6) is 1.87. The van der Waals surface area contributed by atoms with Crippen molar-refractivity contribution in [2.45, 2.75) is 25.3 Å². The lowest BCUT2D eigenvalue weighted by molar-refractivity contribution is 0.254. The van der Waals surface area contributed by atoms with E-state index in [4.69, 9.17) is 4.52 Å². The van der Waals surface area contributed by atoms with E-state index in [0.717, 1.165) is 24.3 Å². The molecule has 6 nitrogen and oxygen atoms in total. The molecular formula is C14H19N3O3S2. The van der Waals surface area contributed by atoms with Gasteiger partial charge in [0.15, 0.2) is 9.84 Å². The Bertz CT molecular complexity index is 710. The summed E-state index contributed by atoms with van der Waals surface area (Å²) in [7, 11) is -0.838. The van der Waals surface area contributed by atoms with Gasteiger partial charge in [0, 0.05) is 12.5 Å². The molecule has 120 valence electrons. The summed E-state index contributed by atoms with van der Waals surface area (Å²) < 4.78 is 28.3. The highest BCUT2D eigenvalue weighted by molar-refractivity contribution is 7.91. The molecule has 0 N–H and O–H groups in total. The van der Waals surface area contributed by atoms with Gasteiger partial charge in [0.2, 0.25) is 11.7 Å². The molecule has 2 aromatic rings. The van der Waals surface area contributed by atoms with Crippen molar-refractivity contribution >= 4 is 21.2 Å². The van der Waals surface area contributed by atoms with Crippen LogP contribution in [0, 0.1) is 0 Å². The normalized spacial score (nSPS) is 20.7. The number of rotatable bonds is 6. The van der Waals surface area contributed by atoms with Crippen molar-refractivity contribution in [1.82, 2.24) is 15.0 Å². The van der Waals surface area contributed by atoms with Gasteiger partial charge in [-0.15, -0.1) is 11.3 Å². The summed E-state index contributed by atoms with van der Waals surface area (Å²) in [5.41, 5.74) is 0. The van der Waals surface area contributed by atoms with Crippen LogP contribution >= 0.6 is 11.3 Å². The van der Waals surface area contributed by atoms with Crippen LogP contribution < -0.4 is 0 Å². The molecule has 0 aromatic carbocycles. The summed E-state index contributed by atoms with van der Waals surface area (Å²) in [4.78, 5) is 7.52. The van der Waals surface area contributed by atoms with E-state index in [-0.39, 0.29) is 11.8 Å². The molecule has 8 heteroatoms. The first-order valence-corrected chi connectivity index (χ1v) is 10.0. The number of nitrogens with zero attached hydrogens (tertiary/aromatic N) is 3. The predicted octanol–water partition coefficient (Wildman–Crippen LogP) is 1.85. The second kappa shape index (κ2) is 6.47. The molecule has 1 atom stereocenters. The number of hydrogen-bond donors (Lipinski definition) is 0. The maximum absolute atomic E-state index is 11.5. The van der Waals surface area contributed by atoms with E-state index >= 15 is 0 Å². The molecule has 2 aromatic heterocycles. The third-order valence-corrected chi connectivity index (χ3v) is 6.56. The number of aryl methyl sites for hydroxylation is 1. The average Bonchev–Trinajstić information content (AvgIpc) is 3.17. The summed E-state index contributed by atoms with van der Waals surface area (Å²) in [6, 6.07) is 4.07. The SMILES string of the molecule is CN(CCCc1nc(-c2cccs2)no1)C1CCS(=O)(=O)C1. The molecule has 0 bridgehead atoms. The Kier molecular flexibility index (Phi) is 4.60. The highest BCUT2D eigenvalue weighted by atomic mass is 32.2. The highest BCUT2D eigenvalue weighted by Gasteiger charge is 2.30. The van der Waals surface area contributed by atoms with Gasteiger partial charge in [-0.3, -0.25) is 0 Å². The monoisotopic (exact) mass is 341 g/mol. The molecule has 3 rings (SSSR count). The fourth-order valence-electron chi connectivity index (χ4n) is 2.65. The van der Waals surface area contributed by atoms with Crippen LogP contribution in [0.25, 0.3) is 10.7 Å². The van der Waals surface area contributed by atoms with Gasteiger partial charge in [-0.25, -0.2) is 8.42 Å². The number of thiophene rings is 1. The summed E-state index contributed by atoms with van der Waals surface area (Å²) in [6.45, 7) is 0.830. The Hall–Kier alpha value is -1.25. The van der Waals surface area contributed by atoms with Crippen LogP contribution in [0.1, 0.15) is 18.7 Å². The molecule has 0 spiro atoms. The Balaban J connectivity index is 1.47. The molecule has 1 fully saturated rings. The van der Waals surface area contributed by atoms with E-state index in [1.165, 1.54) is 0 Å². The van der Waals surface area contributed by atoms with Crippen LogP contribution in [0.15, 0.2) is 22.0 Å². The van der Waals surface area contributed by atoms with Crippen LogP contribution in [0.4, 0.5) is 0 Å². The topological polar surface area (TPSA) is 76.3 Å². The van der Waals surface area contributed by atoms with Crippen molar-refractivity contribution in [1.29, 1.82) is 0 Å². The zero-order valence-electron chi connectivity index (χ0n) is 12.4. The first kappa shape index (κ1) is 15.6. The smallest absolute Gasteiger partial charge is 0.227 e. The largest absolute Gasteiger partial charge is 0.339 e. The van der Waals surface area contributed by atoms with E-state index < -0.39 is 9.84 Å². The summed E-state index contributed by atoms with van der Waals surface area (Å²) >= 11 is 1.58. The minimum Gasteiger partial charge on any atom is -0.339 e. The fourth-order valence-corrected chi connectivity index (χ4v) is 5.10. The first-order valence-electron chi connectivity index (χ1n) is 7.31. The van der Waals surface area contributed by atoms with Crippen molar-refractivity contribution in [2.24, 2.45) is 0 Å². The maximum Gasteiger partial charge on any atom is 0.227 e. The van der Waals surface area contributed by atoms with Gasteiger partial charge >= 0.3 is 0 Å². The zero-order chi connectivity index (χ0) is 15.6. The quantitative estimate of drug-likeness (QED) is 0.798. The summed E-state index contributed by atoms with van der Waals surface area (Å²) in [5, 5.41) is 5.97. The predicted molar refractivity (Wildman–Crippen MR) is 85.6 cm³/mol. The molecule has 1 unspecified atom stereocenters. The van der Waals surface area contributed by atoms with Crippen LogP contribution in [0.3, 0.4) is 0 Å². The van der Waals surface area contributed by atoms with E-state index in [1.54, 1.807) is 11.3 Å². The minimum atomic E-state index is -2.82. The van der Waals surface area contributed by atoms with E-state index in [0.29, 0.717) is 23.9 Å². The molecule has 3 heterocycles. The van der Waals surface area contributed by atoms with Gasteiger partial charge in [0.1, 0.15) is 0 Å². The van der Waals surface area contributed by atoms with Crippen LogP contribution in [-0.4, -0.2) is 54.6 Å². The molecule has 1 saturated heterocycles. The maximum atomic E-state index is 11.5. The molecule has 0 saturated carbocycles. The van der Waals surface area contributed by atoms with E-state index in [9.17, 15) is 8.42 Å². The Labute approximate surface area is 134 Å². The lowest BCUT2D eigenvalue weighted by atomic mass is 10.2. The molecular weight excluding hydrogens is 322 g/mol. The summed E-state index contributed by atoms with van der Waals surface area (Å²) in [6.07, 6.45) is 2.32. The molecule has 1 aliphatic heterocycles. The zero-order valence-corrected chi connectivity index (χ0v) is 14.1.